The lowest BCUT2D eigenvalue weighted by Gasteiger charge is -2.21. The Kier molecular flexibility index (Phi) is 6.93. The molecule has 1 aliphatic rings. The number of amides is 2. The van der Waals surface area contributed by atoms with Crippen molar-refractivity contribution in [2.45, 2.75) is 32.4 Å². The number of carbonyl (C=O) groups is 3. The number of alkyl carbamates (subject to hydrolysis) is 1. The Bertz CT molecular complexity index is 1180. The minimum absolute atomic E-state index is 0.0387. The van der Waals surface area contributed by atoms with Crippen LogP contribution in [0.5, 0.6) is 0 Å². The first-order valence-corrected chi connectivity index (χ1v) is 11.7. The average molecular weight is 480 g/mol. The summed E-state index contributed by atoms with van der Waals surface area (Å²) in [5.74, 6) is -1.90. The van der Waals surface area contributed by atoms with E-state index in [1.165, 1.54) is 6.20 Å². The van der Waals surface area contributed by atoms with Crippen LogP contribution in [-0.4, -0.2) is 40.7 Å². The molecule has 3 N–H and O–H groups in total. The van der Waals surface area contributed by atoms with Gasteiger partial charge in [-0.1, -0.05) is 55.5 Å². The number of rotatable bonds is 8. The van der Waals surface area contributed by atoms with Gasteiger partial charge in [-0.05, 0) is 29.2 Å². The van der Waals surface area contributed by atoms with Crippen molar-refractivity contribution in [1.82, 2.24) is 15.6 Å². The van der Waals surface area contributed by atoms with E-state index in [4.69, 9.17) is 9.84 Å². The second-order valence-corrected chi connectivity index (χ2v) is 9.30. The lowest BCUT2D eigenvalue weighted by Crippen LogP contribution is -2.44. The first-order chi connectivity index (χ1) is 16.3. The van der Waals surface area contributed by atoms with Gasteiger partial charge in [-0.2, -0.15) is 0 Å². The van der Waals surface area contributed by atoms with Crippen molar-refractivity contribution >= 4 is 29.3 Å². The largest absolute Gasteiger partial charge is 0.477 e. The fraction of sp³-hybridized carbons (Fsp3) is 0.280. The number of fused-ring (bicyclic) bond motifs is 3. The van der Waals surface area contributed by atoms with E-state index in [0.29, 0.717) is 5.01 Å². The first kappa shape index (κ1) is 23.4. The van der Waals surface area contributed by atoms with Gasteiger partial charge in [-0.15, -0.1) is 11.3 Å². The molecule has 1 aromatic heterocycles. The average Bonchev–Trinajstić information content (AvgIpc) is 3.44. The molecule has 0 spiro atoms. The number of ether oxygens (including phenoxy) is 1. The molecule has 0 bridgehead atoms. The van der Waals surface area contributed by atoms with Crippen molar-refractivity contribution in [3.8, 4) is 11.1 Å². The summed E-state index contributed by atoms with van der Waals surface area (Å²) < 4.78 is 5.55. The molecule has 2 unspecified atom stereocenters. The number of nitrogens with zero attached hydrogens (tertiary/aromatic N) is 1. The van der Waals surface area contributed by atoms with Gasteiger partial charge >= 0.3 is 12.1 Å². The third-order valence-corrected chi connectivity index (χ3v) is 7.02. The van der Waals surface area contributed by atoms with Crippen molar-refractivity contribution in [1.29, 1.82) is 0 Å². The molecule has 2 atom stereocenters. The van der Waals surface area contributed by atoms with Crippen LogP contribution in [0, 0.1) is 5.92 Å². The summed E-state index contributed by atoms with van der Waals surface area (Å²) in [4.78, 5) is 40.0. The normalized spacial score (nSPS) is 13.9. The zero-order valence-corrected chi connectivity index (χ0v) is 19.6. The number of carboxylic acid groups (broad SMARTS) is 1. The molecule has 0 aliphatic heterocycles. The van der Waals surface area contributed by atoms with E-state index in [1.54, 1.807) is 13.8 Å². The molecule has 9 heteroatoms. The highest BCUT2D eigenvalue weighted by atomic mass is 32.1. The van der Waals surface area contributed by atoms with Crippen LogP contribution in [0.3, 0.4) is 0 Å². The van der Waals surface area contributed by atoms with E-state index >= 15 is 0 Å². The summed E-state index contributed by atoms with van der Waals surface area (Å²) in [6.45, 7) is 3.76. The number of aromatic carboxylic acids is 1. The van der Waals surface area contributed by atoms with E-state index in [1.807, 2.05) is 24.3 Å². The highest BCUT2D eigenvalue weighted by Crippen LogP contribution is 2.44. The molecule has 1 heterocycles. The molecule has 0 fully saturated rings. The summed E-state index contributed by atoms with van der Waals surface area (Å²) >= 11 is 1.01. The highest BCUT2D eigenvalue weighted by Gasteiger charge is 2.29. The topological polar surface area (TPSA) is 118 Å². The number of thiazole rings is 1. The van der Waals surface area contributed by atoms with E-state index < -0.39 is 24.0 Å². The van der Waals surface area contributed by atoms with Crippen molar-refractivity contribution in [2.24, 2.45) is 5.92 Å². The van der Waals surface area contributed by atoms with Crippen LogP contribution in [0.1, 0.15) is 45.6 Å². The summed E-state index contributed by atoms with van der Waals surface area (Å²) in [5, 5.41) is 14.9. The van der Waals surface area contributed by atoms with Crippen LogP contribution in [-0.2, 0) is 16.1 Å². The Balaban J connectivity index is 1.29. The van der Waals surface area contributed by atoms with Gasteiger partial charge in [0.2, 0.25) is 5.91 Å². The molecule has 34 heavy (non-hydrogen) atoms. The number of benzene rings is 2. The molecular formula is C25H25N3O5S. The minimum Gasteiger partial charge on any atom is -0.477 e. The van der Waals surface area contributed by atoms with Crippen LogP contribution >= 0.6 is 11.3 Å². The van der Waals surface area contributed by atoms with Gasteiger partial charge in [0.1, 0.15) is 16.5 Å². The number of nitrogens with one attached hydrogen (secondary N) is 2. The summed E-state index contributed by atoms with van der Waals surface area (Å²) in [7, 11) is 0. The van der Waals surface area contributed by atoms with Crippen LogP contribution in [0.2, 0.25) is 0 Å². The number of hydrogen-bond donors (Lipinski definition) is 3. The number of hydrogen-bond acceptors (Lipinski definition) is 6. The van der Waals surface area contributed by atoms with E-state index in [9.17, 15) is 14.4 Å². The highest BCUT2D eigenvalue weighted by molar-refractivity contribution is 7.13. The van der Waals surface area contributed by atoms with Gasteiger partial charge in [0.05, 0.1) is 18.7 Å². The molecule has 176 valence electrons. The van der Waals surface area contributed by atoms with Crippen molar-refractivity contribution in [3.05, 3.63) is 75.7 Å². The fourth-order valence-electron chi connectivity index (χ4n) is 3.99. The second kappa shape index (κ2) is 10.0. The first-order valence-electron chi connectivity index (χ1n) is 10.9. The van der Waals surface area contributed by atoms with Crippen LogP contribution in [0.25, 0.3) is 11.1 Å². The van der Waals surface area contributed by atoms with Gasteiger partial charge in [-0.25, -0.2) is 14.6 Å². The van der Waals surface area contributed by atoms with Gasteiger partial charge in [0, 0.05) is 12.0 Å². The molecule has 0 radical (unpaired) electrons. The standard InChI is InChI=1S/C25H25N3O5S/c1-14(23(29)27-12-22-26-11-21(34-22)24(30)31)15(2)28-25(32)33-13-20-18-9-5-3-7-16(18)17-8-4-6-10-19(17)20/h3-11,14-15,20H,12-13H2,1-2H3,(H,27,29)(H,28,32)(H,30,31). The summed E-state index contributed by atoms with van der Waals surface area (Å²) in [6, 6.07) is 15.7. The van der Waals surface area contributed by atoms with Crippen molar-refractivity contribution < 1.29 is 24.2 Å². The lowest BCUT2D eigenvalue weighted by molar-refractivity contribution is -0.125. The Labute approximate surface area is 201 Å². The van der Waals surface area contributed by atoms with Gasteiger partial charge < -0.3 is 20.5 Å². The summed E-state index contributed by atoms with van der Waals surface area (Å²) in [6.07, 6.45) is 0.680. The zero-order valence-electron chi connectivity index (χ0n) is 18.8. The molecule has 2 aromatic carbocycles. The lowest BCUT2D eigenvalue weighted by atomic mass is 9.98. The Morgan fingerprint density at radius 2 is 1.68 bits per heavy atom. The van der Waals surface area contributed by atoms with Crippen LogP contribution in [0.15, 0.2) is 54.7 Å². The van der Waals surface area contributed by atoms with Gasteiger partial charge in [-0.3, -0.25) is 4.79 Å². The molecule has 0 saturated heterocycles. The molecule has 3 aromatic rings. The number of aromatic nitrogens is 1. The van der Waals surface area contributed by atoms with Crippen LogP contribution in [0.4, 0.5) is 4.79 Å². The van der Waals surface area contributed by atoms with Crippen molar-refractivity contribution in [2.75, 3.05) is 6.61 Å². The molecular weight excluding hydrogens is 454 g/mol. The minimum atomic E-state index is -1.05. The quantitative estimate of drug-likeness (QED) is 0.449. The van der Waals surface area contributed by atoms with Gasteiger partial charge in [0.25, 0.3) is 0 Å². The molecule has 8 nitrogen and oxygen atoms in total. The molecule has 4 rings (SSSR count). The van der Waals surface area contributed by atoms with E-state index in [0.717, 1.165) is 33.6 Å². The van der Waals surface area contributed by atoms with Crippen molar-refractivity contribution in [3.63, 3.8) is 0 Å². The zero-order chi connectivity index (χ0) is 24.2. The molecule has 2 amide bonds. The predicted octanol–water partition coefficient (Wildman–Crippen LogP) is 4.02. The Hall–Kier alpha value is -3.72. The number of carboxylic acids is 1. The predicted molar refractivity (Wildman–Crippen MR) is 128 cm³/mol. The molecule has 0 saturated carbocycles. The van der Waals surface area contributed by atoms with Crippen LogP contribution < -0.4 is 10.6 Å². The van der Waals surface area contributed by atoms with E-state index in [-0.39, 0.29) is 29.9 Å². The maximum atomic E-state index is 12.5. The monoisotopic (exact) mass is 479 g/mol. The maximum Gasteiger partial charge on any atom is 0.407 e. The van der Waals surface area contributed by atoms with Gasteiger partial charge in [0.15, 0.2) is 0 Å². The Morgan fingerprint density at radius 1 is 1.06 bits per heavy atom. The number of carbonyl (C=O) groups excluding carboxylic acids is 2. The van der Waals surface area contributed by atoms with E-state index in [2.05, 4.69) is 39.9 Å². The third kappa shape index (κ3) is 4.94. The molecule has 1 aliphatic carbocycles. The fourth-order valence-corrected chi connectivity index (χ4v) is 4.69. The Morgan fingerprint density at radius 3 is 2.26 bits per heavy atom. The SMILES string of the molecule is CC(NC(=O)OCC1c2ccccc2-c2ccccc21)C(C)C(=O)NCc1ncc(C(=O)O)s1. The third-order valence-electron chi connectivity index (χ3n) is 6.03. The smallest absolute Gasteiger partial charge is 0.407 e. The maximum absolute atomic E-state index is 12.5. The summed E-state index contributed by atoms with van der Waals surface area (Å²) in [5.41, 5.74) is 4.57. The second-order valence-electron chi connectivity index (χ2n) is 8.19.